The SMILES string of the molecule is Cc1cc2c(cc1C(=O)C(C)(C)C(=O)O)OCO2. The summed E-state index contributed by atoms with van der Waals surface area (Å²) < 4.78 is 10.4. The summed E-state index contributed by atoms with van der Waals surface area (Å²) in [6.45, 7) is 4.64. The Kier molecular flexibility index (Phi) is 2.77. The van der Waals surface area contributed by atoms with Crippen molar-refractivity contribution in [3.8, 4) is 11.5 Å². The van der Waals surface area contributed by atoms with Crippen molar-refractivity contribution in [3.05, 3.63) is 23.3 Å². The van der Waals surface area contributed by atoms with E-state index in [4.69, 9.17) is 14.6 Å². The van der Waals surface area contributed by atoms with E-state index >= 15 is 0 Å². The maximum atomic E-state index is 12.3. The smallest absolute Gasteiger partial charge is 0.316 e. The molecule has 0 bridgehead atoms. The minimum absolute atomic E-state index is 0.120. The van der Waals surface area contributed by atoms with Gasteiger partial charge >= 0.3 is 5.97 Å². The molecule has 96 valence electrons. The highest BCUT2D eigenvalue weighted by Gasteiger charge is 2.37. The van der Waals surface area contributed by atoms with E-state index in [-0.39, 0.29) is 6.79 Å². The summed E-state index contributed by atoms with van der Waals surface area (Å²) in [4.78, 5) is 23.4. The first-order valence-corrected chi connectivity index (χ1v) is 5.52. The van der Waals surface area contributed by atoms with Gasteiger partial charge in [-0.05, 0) is 38.5 Å². The number of carbonyl (C=O) groups excluding carboxylic acids is 1. The number of carbonyl (C=O) groups is 2. The van der Waals surface area contributed by atoms with Gasteiger partial charge in [0.25, 0.3) is 0 Å². The number of hydrogen-bond acceptors (Lipinski definition) is 4. The summed E-state index contributed by atoms with van der Waals surface area (Å²) in [6.07, 6.45) is 0. The molecule has 0 aromatic heterocycles. The zero-order valence-electron chi connectivity index (χ0n) is 10.4. The van der Waals surface area contributed by atoms with Crippen LogP contribution in [0.2, 0.25) is 0 Å². The van der Waals surface area contributed by atoms with Crippen LogP contribution in [0.15, 0.2) is 12.1 Å². The molecule has 2 rings (SSSR count). The Morgan fingerprint density at radius 2 is 1.78 bits per heavy atom. The van der Waals surface area contributed by atoms with Crippen LogP contribution in [0, 0.1) is 12.3 Å². The van der Waals surface area contributed by atoms with Gasteiger partial charge in [0.2, 0.25) is 6.79 Å². The minimum Gasteiger partial charge on any atom is -0.481 e. The van der Waals surface area contributed by atoms with Crippen LogP contribution >= 0.6 is 0 Å². The number of carboxylic acids is 1. The van der Waals surface area contributed by atoms with Crippen molar-refractivity contribution in [3.63, 3.8) is 0 Å². The number of carboxylic acid groups (broad SMARTS) is 1. The Morgan fingerprint density at radius 1 is 1.22 bits per heavy atom. The number of ether oxygens (including phenoxy) is 2. The molecular formula is C13H14O5. The van der Waals surface area contributed by atoms with Crippen LogP contribution in [-0.2, 0) is 4.79 Å². The molecule has 5 nitrogen and oxygen atoms in total. The number of Topliss-reactive ketones (excluding diaryl/α,β-unsaturated/α-hetero) is 1. The lowest BCUT2D eigenvalue weighted by atomic mass is 9.83. The molecule has 1 aromatic rings. The molecule has 1 aliphatic heterocycles. The lowest BCUT2D eigenvalue weighted by Gasteiger charge is -2.19. The first-order valence-electron chi connectivity index (χ1n) is 5.52. The molecular weight excluding hydrogens is 236 g/mol. The van der Waals surface area contributed by atoms with Crippen LogP contribution in [0.3, 0.4) is 0 Å². The zero-order valence-corrected chi connectivity index (χ0v) is 10.4. The highest BCUT2D eigenvalue weighted by atomic mass is 16.7. The monoisotopic (exact) mass is 250 g/mol. The lowest BCUT2D eigenvalue weighted by molar-refractivity contribution is -0.144. The number of aryl methyl sites for hydroxylation is 1. The second-order valence-electron chi connectivity index (χ2n) is 4.78. The van der Waals surface area contributed by atoms with Gasteiger partial charge in [-0.1, -0.05) is 0 Å². The molecule has 0 saturated heterocycles. The van der Waals surface area contributed by atoms with Gasteiger partial charge in [0.15, 0.2) is 17.3 Å². The molecule has 0 saturated carbocycles. The fourth-order valence-electron chi connectivity index (χ4n) is 1.72. The Bertz CT molecular complexity index is 530. The number of hydrogen-bond donors (Lipinski definition) is 1. The Morgan fingerprint density at radius 3 is 2.33 bits per heavy atom. The summed E-state index contributed by atoms with van der Waals surface area (Å²) in [5.41, 5.74) is -0.427. The van der Waals surface area contributed by atoms with E-state index in [1.807, 2.05) is 0 Å². The normalized spacial score (nSPS) is 13.5. The highest BCUT2D eigenvalue weighted by molar-refractivity contribution is 6.12. The molecule has 5 heteroatoms. The Balaban J connectivity index is 2.46. The third-order valence-corrected chi connectivity index (χ3v) is 3.07. The Hall–Kier alpha value is -2.04. The van der Waals surface area contributed by atoms with Gasteiger partial charge in [-0.2, -0.15) is 0 Å². The van der Waals surface area contributed by atoms with Gasteiger partial charge < -0.3 is 14.6 Å². The van der Waals surface area contributed by atoms with Gasteiger partial charge in [0.1, 0.15) is 5.41 Å². The molecule has 0 atom stereocenters. The third kappa shape index (κ3) is 1.81. The number of benzene rings is 1. The first-order chi connectivity index (χ1) is 8.34. The summed E-state index contributed by atoms with van der Waals surface area (Å²) in [5.74, 6) is -0.530. The molecule has 0 spiro atoms. The van der Waals surface area contributed by atoms with Crippen LogP contribution in [-0.4, -0.2) is 23.7 Å². The van der Waals surface area contributed by atoms with Crippen molar-refractivity contribution in [2.75, 3.05) is 6.79 Å². The molecule has 0 amide bonds. The van der Waals surface area contributed by atoms with Crippen molar-refractivity contribution in [1.29, 1.82) is 0 Å². The molecule has 18 heavy (non-hydrogen) atoms. The van der Waals surface area contributed by atoms with Crippen LogP contribution in [0.5, 0.6) is 11.5 Å². The molecule has 0 radical (unpaired) electrons. The third-order valence-electron chi connectivity index (χ3n) is 3.07. The first kappa shape index (κ1) is 12.4. The van der Waals surface area contributed by atoms with Gasteiger partial charge in [-0.25, -0.2) is 0 Å². The average molecular weight is 250 g/mol. The molecule has 1 aliphatic rings. The number of fused-ring (bicyclic) bond motifs is 1. The van der Waals surface area contributed by atoms with E-state index in [2.05, 4.69) is 0 Å². The van der Waals surface area contributed by atoms with Crippen molar-refractivity contribution in [1.82, 2.24) is 0 Å². The fourth-order valence-corrected chi connectivity index (χ4v) is 1.72. The van der Waals surface area contributed by atoms with E-state index in [0.29, 0.717) is 22.6 Å². The minimum atomic E-state index is -1.46. The Labute approximate surface area is 104 Å². The van der Waals surface area contributed by atoms with Crippen molar-refractivity contribution < 1.29 is 24.2 Å². The van der Waals surface area contributed by atoms with Crippen LogP contribution in [0.1, 0.15) is 29.8 Å². The molecule has 0 fully saturated rings. The van der Waals surface area contributed by atoms with Crippen LogP contribution in [0.4, 0.5) is 0 Å². The zero-order chi connectivity index (χ0) is 13.5. The maximum absolute atomic E-state index is 12.3. The highest BCUT2D eigenvalue weighted by Crippen LogP contribution is 2.36. The van der Waals surface area contributed by atoms with Gasteiger partial charge in [-0.3, -0.25) is 9.59 Å². The topological polar surface area (TPSA) is 72.8 Å². The van der Waals surface area contributed by atoms with Gasteiger partial charge in [-0.15, -0.1) is 0 Å². The predicted octanol–water partition coefficient (Wildman–Crippen LogP) is 2.02. The second kappa shape index (κ2) is 4.01. The van der Waals surface area contributed by atoms with E-state index in [9.17, 15) is 9.59 Å². The summed E-state index contributed by atoms with van der Waals surface area (Å²) >= 11 is 0. The van der Waals surface area contributed by atoms with Gasteiger partial charge in [0.05, 0.1) is 0 Å². The fraction of sp³-hybridized carbons (Fsp3) is 0.385. The van der Waals surface area contributed by atoms with E-state index in [0.717, 1.165) is 0 Å². The van der Waals surface area contributed by atoms with Crippen molar-refractivity contribution >= 4 is 11.8 Å². The molecule has 1 heterocycles. The number of rotatable bonds is 3. The predicted molar refractivity (Wildman–Crippen MR) is 63.0 cm³/mol. The quantitative estimate of drug-likeness (QED) is 0.656. The summed E-state index contributed by atoms with van der Waals surface area (Å²) in [7, 11) is 0. The molecule has 0 aliphatic carbocycles. The van der Waals surface area contributed by atoms with Gasteiger partial charge in [0, 0.05) is 5.56 Å². The molecule has 0 unspecified atom stereocenters. The van der Waals surface area contributed by atoms with E-state index in [1.165, 1.54) is 13.8 Å². The summed E-state index contributed by atoms with van der Waals surface area (Å²) in [5, 5.41) is 9.08. The summed E-state index contributed by atoms with van der Waals surface area (Å²) in [6, 6.07) is 3.23. The van der Waals surface area contributed by atoms with Crippen molar-refractivity contribution in [2.45, 2.75) is 20.8 Å². The number of aliphatic carboxylic acids is 1. The largest absolute Gasteiger partial charge is 0.481 e. The second-order valence-corrected chi connectivity index (χ2v) is 4.78. The maximum Gasteiger partial charge on any atom is 0.316 e. The van der Waals surface area contributed by atoms with E-state index in [1.54, 1.807) is 19.1 Å². The number of ketones is 1. The average Bonchev–Trinajstić information content (AvgIpc) is 2.73. The molecule has 1 N–H and O–H groups in total. The van der Waals surface area contributed by atoms with Crippen molar-refractivity contribution in [2.24, 2.45) is 5.41 Å². The van der Waals surface area contributed by atoms with Crippen LogP contribution < -0.4 is 9.47 Å². The molecule has 1 aromatic carbocycles. The van der Waals surface area contributed by atoms with E-state index < -0.39 is 17.2 Å². The lowest BCUT2D eigenvalue weighted by Crippen LogP contribution is -2.33. The van der Waals surface area contributed by atoms with Crippen LogP contribution in [0.25, 0.3) is 0 Å². The standard InChI is InChI=1S/C13H14O5/c1-7-4-9-10(18-6-17-9)5-8(7)11(14)13(2,3)12(15)16/h4-5H,6H2,1-3H3,(H,15,16).